The summed E-state index contributed by atoms with van der Waals surface area (Å²) in [5, 5.41) is 11.5. The molecule has 0 aromatic heterocycles. The van der Waals surface area contributed by atoms with E-state index in [1.165, 1.54) is 12.8 Å². The molecule has 1 heterocycles. The number of carboxylic acids is 1. The van der Waals surface area contributed by atoms with Crippen molar-refractivity contribution in [3.05, 3.63) is 0 Å². The summed E-state index contributed by atoms with van der Waals surface area (Å²) in [6, 6.07) is -0.913. The lowest BCUT2D eigenvalue weighted by Crippen LogP contribution is -2.45. The van der Waals surface area contributed by atoms with Crippen LogP contribution in [0.15, 0.2) is 0 Å². The second kappa shape index (κ2) is 8.48. The largest absolute Gasteiger partial charge is 0.480 e. The van der Waals surface area contributed by atoms with Crippen LogP contribution in [0.2, 0.25) is 0 Å². The van der Waals surface area contributed by atoms with Crippen LogP contribution in [0.4, 0.5) is 4.79 Å². The number of nitrogens with zero attached hydrogens (tertiary/aromatic N) is 1. The van der Waals surface area contributed by atoms with Crippen LogP contribution >= 0.6 is 11.8 Å². The van der Waals surface area contributed by atoms with Gasteiger partial charge in [0.15, 0.2) is 0 Å². The Balaban J connectivity index is 2.25. The molecule has 1 fully saturated rings. The van der Waals surface area contributed by atoms with Crippen molar-refractivity contribution in [2.45, 2.75) is 45.3 Å². The van der Waals surface area contributed by atoms with E-state index in [1.54, 1.807) is 32.5 Å². The molecule has 1 saturated heterocycles. The number of ether oxygens (including phenoxy) is 1. The predicted octanol–water partition coefficient (Wildman–Crippen LogP) is 1.79. The van der Waals surface area contributed by atoms with Crippen LogP contribution in [0.3, 0.4) is 0 Å². The normalized spacial score (nSPS) is 17.5. The zero-order valence-electron chi connectivity index (χ0n) is 13.1. The third-order valence-electron chi connectivity index (χ3n) is 3.02. The predicted molar refractivity (Wildman–Crippen MR) is 83.8 cm³/mol. The van der Waals surface area contributed by atoms with Crippen LogP contribution in [0, 0.1) is 0 Å². The van der Waals surface area contributed by atoms with Gasteiger partial charge in [0.2, 0.25) is 0 Å². The fourth-order valence-electron chi connectivity index (χ4n) is 2.03. The van der Waals surface area contributed by atoms with Gasteiger partial charge in [-0.15, -0.1) is 0 Å². The highest BCUT2D eigenvalue weighted by molar-refractivity contribution is 7.99. The quantitative estimate of drug-likeness (QED) is 0.697. The lowest BCUT2D eigenvalue weighted by molar-refractivity contribution is -0.138. The topological polar surface area (TPSA) is 78.9 Å². The van der Waals surface area contributed by atoms with Gasteiger partial charge in [0.25, 0.3) is 0 Å². The van der Waals surface area contributed by atoms with E-state index in [9.17, 15) is 9.59 Å². The molecule has 1 aliphatic heterocycles. The average molecular weight is 318 g/mol. The molecule has 0 radical (unpaired) electrons. The second-order valence-corrected chi connectivity index (χ2v) is 7.31. The summed E-state index contributed by atoms with van der Waals surface area (Å²) >= 11 is 1.54. The third kappa shape index (κ3) is 8.16. The zero-order chi connectivity index (χ0) is 15.9. The van der Waals surface area contributed by atoms with E-state index in [-0.39, 0.29) is 0 Å². The van der Waals surface area contributed by atoms with Crippen LogP contribution in [0.1, 0.15) is 33.6 Å². The maximum absolute atomic E-state index is 11.6. The summed E-state index contributed by atoms with van der Waals surface area (Å²) in [5.74, 6) is 0.192. The molecule has 1 amide bonds. The van der Waals surface area contributed by atoms with Crippen molar-refractivity contribution in [3.8, 4) is 0 Å². The Bertz CT molecular complexity index is 351. The van der Waals surface area contributed by atoms with E-state index >= 15 is 0 Å². The van der Waals surface area contributed by atoms with Crippen LogP contribution in [0.25, 0.3) is 0 Å². The Kier molecular flexibility index (Phi) is 7.31. The zero-order valence-corrected chi connectivity index (χ0v) is 13.9. The van der Waals surface area contributed by atoms with Crippen LogP contribution in [-0.4, -0.2) is 64.9 Å². The van der Waals surface area contributed by atoms with Crippen LogP contribution < -0.4 is 5.32 Å². The van der Waals surface area contributed by atoms with E-state index in [2.05, 4.69) is 10.2 Å². The molecular weight excluding hydrogens is 292 g/mol. The van der Waals surface area contributed by atoms with Crippen LogP contribution in [0.5, 0.6) is 0 Å². The standard InChI is InChI=1S/C14H26N2O4S/c1-14(2,3)20-13(19)15-11(12(17)18)10-21-9-8-16-6-4-5-7-16/h11H,4-10H2,1-3H3,(H,15,19)(H,17,18). The number of carbonyl (C=O) groups is 2. The fraction of sp³-hybridized carbons (Fsp3) is 0.857. The van der Waals surface area contributed by atoms with Crippen molar-refractivity contribution >= 4 is 23.8 Å². The first-order chi connectivity index (χ1) is 9.78. The molecule has 7 heteroatoms. The number of carboxylic acid groups (broad SMARTS) is 1. The number of hydrogen-bond donors (Lipinski definition) is 2. The Morgan fingerprint density at radius 2 is 1.95 bits per heavy atom. The van der Waals surface area contributed by atoms with E-state index in [0.29, 0.717) is 5.75 Å². The van der Waals surface area contributed by atoms with Crippen LogP contribution in [-0.2, 0) is 9.53 Å². The first-order valence-electron chi connectivity index (χ1n) is 7.30. The Labute approximate surface area is 130 Å². The second-order valence-electron chi connectivity index (χ2n) is 6.16. The highest BCUT2D eigenvalue weighted by Gasteiger charge is 2.24. The van der Waals surface area contributed by atoms with Gasteiger partial charge in [0.05, 0.1) is 0 Å². The fourth-order valence-corrected chi connectivity index (χ4v) is 3.04. The maximum atomic E-state index is 11.6. The smallest absolute Gasteiger partial charge is 0.408 e. The number of nitrogens with one attached hydrogen (secondary N) is 1. The molecule has 1 unspecified atom stereocenters. The first-order valence-corrected chi connectivity index (χ1v) is 8.46. The summed E-state index contributed by atoms with van der Waals surface area (Å²) < 4.78 is 5.08. The molecule has 2 N–H and O–H groups in total. The summed E-state index contributed by atoms with van der Waals surface area (Å²) in [5.41, 5.74) is -0.629. The molecule has 0 bridgehead atoms. The van der Waals surface area contributed by atoms with Crippen molar-refractivity contribution in [2.75, 3.05) is 31.1 Å². The summed E-state index contributed by atoms with van der Waals surface area (Å²) in [6.45, 7) is 8.48. The van der Waals surface area contributed by atoms with Crippen molar-refractivity contribution in [1.29, 1.82) is 0 Å². The number of carbonyl (C=O) groups excluding carboxylic acids is 1. The molecule has 1 atom stereocenters. The van der Waals surface area contributed by atoms with Gasteiger partial charge >= 0.3 is 12.1 Å². The molecule has 122 valence electrons. The van der Waals surface area contributed by atoms with E-state index in [4.69, 9.17) is 9.84 Å². The molecular formula is C14H26N2O4S. The number of aliphatic carboxylic acids is 1. The molecule has 0 aromatic rings. The van der Waals surface area contributed by atoms with Gasteiger partial charge in [0, 0.05) is 18.1 Å². The monoisotopic (exact) mass is 318 g/mol. The molecule has 0 aromatic carbocycles. The van der Waals surface area contributed by atoms with Gasteiger partial charge in [-0.25, -0.2) is 9.59 Å². The minimum absolute atomic E-state index is 0.350. The van der Waals surface area contributed by atoms with Crippen molar-refractivity contribution in [3.63, 3.8) is 0 Å². The molecule has 1 aliphatic rings. The summed E-state index contributed by atoms with van der Waals surface area (Å²) in [4.78, 5) is 25.1. The average Bonchev–Trinajstić information content (AvgIpc) is 2.83. The molecule has 0 saturated carbocycles. The first kappa shape index (κ1) is 18.1. The number of alkyl carbamates (subject to hydrolysis) is 1. The highest BCUT2D eigenvalue weighted by atomic mass is 32.2. The van der Waals surface area contributed by atoms with E-state index in [0.717, 1.165) is 25.4 Å². The third-order valence-corrected chi connectivity index (χ3v) is 4.06. The molecule has 0 spiro atoms. The maximum Gasteiger partial charge on any atom is 0.408 e. The SMILES string of the molecule is CC(C)(C)OC(=O)NC(CSCCN1CCCC1)C(=O)O. The van der Waals surface area contributed by atoms with E-state index < -0.39 is 23.7 Å². The number of rotatable bonds is 7. The van der Waals surface area contributed by atoms with Gasteiger partial charge in [-0.3, -0.25) is 0 Å². The Hall–Kier alpha value is -0.950. The number of hydrogen-bond acceptors (Lipinski definition) is 5. The molecule has 6 nitrogen and oxygen atoms in total. The molecule has 21 heavy (non-hydrogen) atoms. The van der Waals surface area contributed by atoms with Gasteiger partial charge in [-0.2, -0.15) is 11.8 Å². The van der Waals surface area contributed by atoms with Gasteiger partial charge in [0.1, 0.15) is 11.6 Å². The lowest BCUT2D eigenvalue weighted by atomic mass is 10.2. The van der Waals surface area contributed by atoms with Gasteiger partial charge in [-0.1, -0.05) is 0 Å². The Morgan fingerprint density at radius 3 is 2.48 bits per heavy atom. The minimum atomic E-state index is -1.03. The highest BCUT2D eigenvalue weighted by Crippen LogP contribution is 2.11. The number of thioether (sulfide) groups is 1. The van der Waals surface area contributed by atoms with Gasteiger partial charge in [-0.05, 0) is 46.7 Å². The summed E-state index contributed by atoms with van der Waals surface area (Å²) in [7, 11) is 0. The van der Waals surface area contributed by atoms with Gasteiger partial charge < -0.3 is 20.1 Å². The number of amides is 1. The Morgan fingerprint density at radius 1 is 1.33 bits per heavy atom. The van der Waals surface area contributed by atoms with Crippen molar-refractivity contribution < 1.29 is 19.4 Å². The minimum Gasteiger partial charge on any atom is -0.480 e. The molecule has 1 rings (SSSR count). The lowest BCUT2D eigenvalue weighted by Gasteiger charge is -2.22. The molecule has 0 aliphatic carbocycles. The van der Waals surface area contributed by atoms with Crippen molar-refractivity contribution in [1.82, 2.24) is 10.2 Å². The van der Waals surface area contributed by atoms with E-state index in [1.807, 2.05) is 0 Å². The number of likely N-dealkylation sites (tertiary alicyclic amines) is 1. The van der Waals surface area contributed by atoms with Crippen molar-refractivity contribution in [2.24, 2.45) is 0 Å². The summed E-state index contributed by atoms with van der Waals surface area (Å²) in [6.07, 6.45) is 1.82.